The molecule has 96 valence electrons. The third-order valence-electron chi connectivity index (χ3n) is 2.93. The molecule has 0 spiro atoms. The predicted octanol–water partition coefficient (Wildman–Crippen LogP) is 0.839. The summed E-state index contributed by atoms with van der Waals surface area (Å²) in [6.45, 7) is 2.02. The van der Waals surface area contributed by atoms with E-state index in [0.717, 1.165) is 5.56 Å². The number of aryl methyl sites for hydroxylation is 1. The van der Waals surface area contributed by atoms with Gasteiger partial charge < -0.3 is 4.98 Å². The maximum atomic E-state index is 11.6. The van der Waals surface area contributed by atoms with Crippen molar-refractivity contribution in [2.45, 2.75) is 13.3 Å². The monoisotopic (exact) mass is 256 g/mol. The Hall–Kier alpha value is -2.63. The van der Waals surface area contributed by atoms with Gasteiger partial charge in [-0.15, -0.1) is 0 Å². The SMILES string of the molecule is Cc1ccc(Cc2nc3[nH]c(=O)[nH]c(=O)c3[nH]2)cc1. The van der Waals surface area contributed by atoms with Gasteiger partial charge in [0.2, 0.25) is 0 Å². The molecule has 0 fully saturated rings. The number of aromatic nitrogens is 4. The molecule has 0 saturated heterocycles. The molecule has 3 aromatic rings. The molecular formula is C13H12N4O2. The van der Waals surface area contributed by atoms with Crippen molar-refractivity contribution >= 4 is 11.2 Å². The fourth-order valence-corrected chi connectivity index (χ4v) is 1.96. The lowest BCUT2D eigenvalue weighted by Crippen LogP contribution is -2.21. The maximum absolute atomic E-state index is 11.6. The first-order chi connectivity index (χ1) is 9.11. The number of imidazole rings is 1. The van der Waals surface area contributed by atoms with E-state index in [-0.39, 0.29) is 5.65 Å². The van der Waals surface area contributed by atoms with Gasteiger partial charge in [0.25, 0.3) is 5.56 Å². The van der Waals surface area contributed by atoms with Crippen molar-refractivity contribution in [3.63, 3.8) is 0 Å². The van der Waals surface area contributed by atoms with Gasteiger partial charge >= 0.3 is 5.69 Å². The molecule has 6 nitrogen and oxygen atoms in total. The highest BCUT2D eigenvalue weighted by atomic mass is 16.2. The number of nitrogens with one attached hydrogen (secondary N) is 3. The van der Waals surface area contributed by atoms with Crippen LogP contribution in [0.1, 0.15) is 17.0 Å². The minimum Gasteiger partial charge on any atom is -0.336 e. The lowest BCUT2D eigenvalue weighted by molar-refractivity contribution is 1.03. The van der Waals surface area contributed by atoms with E-state index < -0.39 is 11.2 Å². The molecule has 3 rings (SSSR count). The van der Waals surface area contributed by atoms with Crippen LogP contribution in [0.25, 0.3) is 11.2 Å². The number of nitrogens with zero attached hydrogens (tertiary/aromatic N) is 1. The first-order valence-corrected chi connectivity index (χ1v) is 5.88. The summed E-state index contributed by atoms with van der Waals surface area (Å²) < 4.78 is 0. The standard InChI is InChI=1S/C13H12N4O2/c1-7-2-4-8(5-3-7)6-9-14-10-11(15-9)16-13(19)17-12(10)18/h2-5H,6H2,1H3,(H3,14,15,16,17,18,19). The highest BCUT2D eigenvalue weighted by Gasteiger charge is 2.07. The summed E-state index contributed by atoms with van der Waals surface area (Å²) in [6.07, 6.45) is 0.580. The lowest BCUT2D eigenvalue weighted by Gasteiger charge is -1.98. The summed E-state index contributed by atoms with van der Waals surface area (Å²) >= 11 is 0. The zero-order valence-electron chi connectivity index (χ0n) is 10.3. The van der Waals surface area contributed by atoms with Gasteiger partial charge in [0, 0.05) is 6.42 Å². The molecule has 0 aliphatic carbocycles. The molecule has 0 saturated carbocycles. The molecule has 0 atom stereocenters. The van der Waals surface area contributed by atoms with Gasteiger partial charge in [0.1, 0.15) is 11.3 Å². The molecule has 0 amide bonds. The first kappa shape index (κ1) is 11.5. The zero-order chi connectivity index (χ0) is 13.4. The smallest absolute Gasteiger partial charge is 0.327 e. The van der Waals surface area contributed by atoms with Crippen LogP contribution in [0, 0.1) is 6.92 Å². The van der Waals surface area contributed by atoms with Gasteiger partial charge in [-0.25, -0.2) is 9.78 Å². The number of H-pyrrole nitrogens is 3. The predicted molar refractivity (Wildman–Crippen MR) is 71.3 cm³/mol. The molecular weight excluding hydrogens is 244 g/mol. The second-order valence-corrected chi connectivity index (χ2v) is 4.48. The highest BCUT2D eigenvalue weighted by molar-refractivity contribution is 5.68. The maximum Gasteiger partial charge on any atom is 0.327 e. The summed E-state index contributed by atoms with van der Waals surface area (Å²) in [4.78, 5) is 34.5. The first-order valence-electron chi connectivity index (χ1n) is 5.88. The number of aromatic amines is 3. The van der Waals surface area contributed by atoms with Crippen LogP contribution in [0.3, 0.4) is 0 Å². The van der Waals surface area contributed by atoms with Crippen molar-refractivity contribution < 1.29 is 0 Å². The van der Waals surface area contributed by atoms with Crippen molar-refractivity contribution in [3.05, 3.63) is 62.1 Å². The van der Waals surface area contributed by atoms with Gasteiger partial charge in [0.05, 0.1) is 0 Å². The van der Waals surface area contributed by atoms with E-state index in [0.29, 0.717) is 17.8 Å². The van der Waals surface area contributed by atoms with Crippen molar-refractivity contribution in [2.75, 3.05) is 0 Å². The van der Waals surface area contributed by atoms with E-state index in [1.807, 2.05) is 31.2 Å². The van der Waals surface area contributed by atoms with Gasteiger partial charge in [0.15, 0.2) is 5.65 Å². The average molecular weight is 256 g/mol. The van der Waals surface area contributed by atoms with Crippen molar-refractivity contribution in [1.29, 1.82) is 0 Å². The average Bonchev–Trinajstić information content (AvgIpc) is 2.75. The molecule has 2 aromatic heterocycles. The lowest BCUT2D eigenvalue weighted by atomic mass is 10.1. The number of fused-ring (bicyclic) bond motifs is 1. The number of rotatable bonds is 2. The van der Waals surface area contributed by atoms with Crippen LogP contribution >= 0.6 is 0 Å². The normalized spacial score (nSPS) is 11.0. The Kier molecular flexibility index (Phi) is 2.56. The molecule has 6 heteroatoms. The zero-order valence-corrected chi connectivity index (χ0v) is 10.3. The summed E-state index contributed by atoms with van der Waals surface area (Å²) in [5, 5.41) is 0. The van der Waals surface area contributed by atoms with Crippen LogP contribution < -0.4 is 11.2 Å². The number of hydrogen-bond acceptors (Lipinski definition) is 3. The van der Waals surface area contributed by atoms with Crippen LogP contribution in [-0.2, 0) is 6.42 Å². The summed E-state index contributed by atoms with van der Waals surface area (Å²) in [5.74, 6) is 0.645. The van der Waals surface area contributed by atoms with E-state index in [1.54, 1.807) is 0 Å². The Morgan fingerprint density at radius 3 is 2.53 bits per heavy atom. The van der Waals surface area contributed by atoms with Crippen molar-refractivity contribution in [3.8, 4) is 0 Å². The highest BCUT2D eigenvalue weighted by Crippen LogP contribution is 2.09. The molecule has 0 radical (unpaired) electrons. The largest absolute Gasteiger partial charge is 0.336 e. The summed E-state index contributed by atoms with van der Waals surface area (Å²) in [6, 6.07) is 8.06. The molecule has 19 heavy (non-hydrogen) atoms. The second kappa shape index (κ2) is 4.24. The fourth-order valence-electron chi connectivity index (χ4n) is 1.96. The Bertz CT molecular complexity index is 839. The topological polar surface area (TPSA) is 94.4 Å². The van der Waals surface area contributed by atoms with Crippen molar-refractivity contribution in [1.82, 2.24) is 19.9 Å². The molecule has 0 aliphatic rings. The quantitative estimate of drug-likeness (QED) is 0.634. The Morgan fingerprint density at radius 2 is 1.79 bits per heavy atom. The minimum atomic E-state index is -0.550. The molecule has 2 heterocycles. The Morgan fingerprint density at radius 1 is 1.05 bits per heavy atom. The molecule has 0 bridgehead atoms. The third kappa shape index (κ3) is 2.20. The van der Waals surface area contributed by atoms with Gasteiger partial charge in [-0.05, 0) is 12.5 Å². The fraction of sp³-hybridized carbons (Fsp3) is 0.154. The van der Waals surface area contributed by atoms with E-state index in [9.17, 15) is 9.59 Å². The van der Waals surface area contributed by atoms with E-state index in [4.69, 9.17) is 0 Å². The van der Waals surface area contributed by atoms with Gasteiger partial charge in [-0.2, -0.15) is 0 Å². The summed E-state index contributed by atoms with van der Waals surface area (Å²) in [7, 11) is 0. The molecule has 3 N–H and O–H groups in total. The number of benzene rings is 1. The Labute approximate surface area is 107 Å². The van der Waals surface area contributed by atoms with E-state index in [1.165, 1.54) is 5.56 Å². The molecule has 1 aromatic carbocycles. The van der Waals surface area contributed by atoms with Gasteiger partial charge in [-0.1, -0.05) is 29.8 Å². The van der Waals surface area contributed by atoms with Crippen LogP contribution in [0.4, 0.5) is 0 Å². The van der Waals surface area contributed by atoms with Crippen LogP contribution in [0.5, 0.6) is 0 Å². The van der Waals surface area contributed by atoms with Crippen LogP contribution in [-0.4, -0.2) is 19.9 Å². The van der Waals surface area contributed by atoms with E-state index >= 15 is 0 Å². The van der Waals surface area contributed by atoms with E-state index in [2.05, 4.69) is 19.9 Å². The Balaban J connectivity index is 2.02. The molecule has 0 aliphatic heterocycles. The summed E-state index contributed by atoms with van der Waals surface area (Å²) in [5.41, 5.74) is 1.85. The number of hydrogen-bond donors (Lipinski definition) is 3. The third-order valence-corrected chi connectivity index (χ3v) is 2.93. The van der Waals surface area contributed by atoms with Crippen LogP contribution in [0.15, 0.2) is 33.9 Å². The minimum absolute atomic E-state index is 0.288. The molecule has 0 unspecified atom stereocenters. The van der Waals surface area contributed by atoms with Gasteiger partial charge in [-0.3, -0.25) is 14.8 Å². The van der Waals surface area contributed by atoms with Crippen molar-refractivity contribution in [2.24, 2.45) is 0 Å². The van der Waals surface area contributed by atoms with Crippen LogP contribution in [0.2, 0.25) is 0 Å². The second-order valence-electron chi connectivity index (χ2n) is 4.48.